The van der Waals surface area contributed by atoms with Crippen molar-refractivity contribution >= 4 is 94.6 Å². The number of guanidine groups is 2. The summed E-state index contributed by atoms with van der Waals surface area (Å²) in [5.41, 5.74) is 29.4. The average molecular weight is 1540 g/mol. The van der Waals surface area contributed by atoms with E-state index >= 15 is 14.4 Å². The number of aliphatic imine (C=N–C) groups is 2. The number of imidazole rings is 1. The van der Waals surface area contributed by atoms with Crippen molar-refractivity contribution in [3.63, 3.8) is 0 Å². The van der Waals surface area contributed by atoms with E-state index in [9.17, 15) is 63.0 Å². The fourth-order valence-corrected chi connectivity index (χ4v) is 12.2. The van der Waals surface area contributed by atoms with Crippen LogP contribution in [-0.4, -0.2) is 230 Å². The van der Waals surface area contributed by atoms with Crippen LogP contribution in [0.5, 0.6) is 0 Å². The minimum Gasteiger partial charge on any atom is -0.391 e. The number of aliphatic hydroxyl groups excluding tert-OH is 2. The topological polar surface area (TPSA) is 611 Å². The lowest BCUT2D eigenvalue weighted by Gasteiger charge is -2.32. The van der Waals surface area contributed by atoms with Gasteiger partial charge in [0.15, 0.2) is 11.9 Å². The molecule has 0 aliphatic carbocycles. The number of aromatic amines is 1. The van der Waals surface area contributed by atoms with E-state index < -0.39 is 198 Å². The summed E-state index contributed by atoms with van der Waals surface area (Å²) < 4.78 is 0. The number of amides is 14. The van der Waals surface area contributed by atoms with Crippen LogP contribution in [0.2, 0.25) is 0 Å². The van der Waals surface area contributed by atoms with Crippen LogP contribution in [0.1, 0.15) is 131 Å². The third-order valence-corrected chi connectivity index (χ3v) is 18.6. The monoisotopic (exact) mass is 1540 g/mol. The van der Waals surface area contributed by atoms with Gasteiger partial charge in [-0.1, -0.05) is 109 Å². The van der Waals surface area contributed by atoms with Gasteiger partial charge in [0.2, 0.25) is 82.7 Å². The van der Waals surface area contributed by atoms with Crippen molar-refractivity contribution in [2.24, 2.45) is 56.4 Å². The molecule has 2 saturated heterocycles. The Morgan fingerprint density at radius 2 is 0.873 bits per heavy atom. The van der Waals surface area contributed by atoms with Gasteiger partial charge in [0, 0.05) is 50.8 Å². The Morgan fingerprint density at radius 3 is 1.34 bits per heavy atom. The van der Waals surface area contributed by atoms with Gasteiger partial charge in [-0.25, -0.2) is 4.98 Å². The molecule has 16 atom stereocenters. The summed E-state index contributed by atoms with van der Waals surface area (Å²) in [7, 11) is 0. The maximum atomic E-state index is 15.2. The lowest BCUT2D eigenvalue weighted by Crippen LogP contribution is -2.63. The van der Waals surface area contributed by atoms with Gasteiger partial charge in [0.1, 0.15) is 78.5 Å². The number of carbonyl (C=O) groups excluding carboxylic acids is 14. The minimum absolute atomic E-state index is 0.00136. The zero-order chi connectivity index (χ0) is 81.6. The van der Waals surface area contributed by atoms with Crippen molar-refractivity contribution in [3.8, 4) is 0 Å². The Hall–Kier alpha value is -11.3. The Balaban J connectivity index is 1.65. The molecule has 38 nitrogen and oxygen atoms in total. The van der Waals surface area contributed by atoms with Gasteiger partial charge in [0.25, 0.3) is 0 Å². The second kappa shape index (κ2) is 43.6. The molecule has 2 fully saturated rings. The molecule has 0 spiro atoms. The molecule has 5 rings (SSSR count). The predicted molar refractivity (Wildman–Crippen MR) is 402 cm³/mol. The molecule has 2 aliphatic heterocycles. The quantitative estimate of drug-likeness (QED) is 0.0253. The van der Waals surface area contributed by atoms with Crippen molar-refractivity contribution in [1.29, 1.82) is 0 Å². The van der Waals surface area contributed by atoms with Gasteiger partial charge in [-0.3, -0.25) is 77.1 Å². The van der Waals surface area contributed by atoms with Crippen LogP contribution in [0.3, 0.4) is 0 Å². The van der Waals surface area contributed by atoms with E-state index in [4.69, 9.17) is 28.7 Å². The molecule has 3 heterocycles. The van der Waals surface area contributed by atoms with E-state index in [0.717, 1.165) is 11.8 Å². The Kier molecular flexibility index (Phi) is 35.4. The summed E-state index contributed by atoms with van der Waals surface area (Å²) >= 11 is 0. The van der Waals surface area contributed by atoms with Crippen molar-refractivity contribution in [1.82, 2.24) is 78.7 Å². The number of aromatic nitrogens is 2. The molecular weight excluding hydrogens is 1430 g/mol. The van der Waals surface area contributed by atoms with Crippen molar-refractivity contribution < 1.29 is 77.3 Å². The average Bonchev–Trinajstić information content (AvgIpc) is 1.57. The fraction of sp³-hybridized carbons (Fsp3) is 0.569. The van der Waals surface area contributed by atoms with Gasteiger partial charge in [-0.2, -0.15) is 0 Å². The van der Waals surface area contributed by atoms with Crippen LogP contribution in [0, 0.1) is 17.8 Å². The molecular formula is C72H110N22O16. The highest BCUT2D eigenvalue weighted by Crippen LogP contribution is 2.22. The molecule has 38 heteroatoms. The van der Waals surface area contributed by atoms with E-state index in [1.54, 1.807) is 88.4 Å². The molecule has 3 aromatic rings. The van der Waals surface area contributed by atoms with Crippen LogP contribution < -0.4 is 92.5 Å². The molecule has 0 unspecified atom stereocenters. The predicted octanol–water partition coefficient (Wildman–Crippen LogP) is -5.62. The minimum atomic E-state index is -1.85. The standard InChI is InChI=1S/C72H110N22O16/c1-10-38(6)55-68(108)90-54(37(4)5)67(107)92-56(40(8)95)69(109)82-39(7)58(98)83-46(25-18-28-80-72(76)77)60(100)93-57(41(9)96)70(110)94-29-19-26-51(94)65(105)89-53(36(2)3)66(106)88-49(32-44-34-78-35-81-44)63(103)86-48(31-43-22-15-12-16-23-43)62(102)85-47(30-42-20-13-11-14-21-42)61(101)84-45(24-17-27-79-71(74)75)59(99)87-50(33-52(73)97)64(104)91-55/h11-16,20-23,34-41,45-51,53-57,95-96H,10,17-19,24-33H2,1-9H3,(H2,73,97)(H,78,81)(H,82,109)(H,83,98)(H,84,101)(H,85,102)(H,86,103)(H,87,99)(H,88,106)(H,89,105)(H,90,108)(H,91,104)(H,92,107)(H,93,100)(H4,74,75,79)(H4,76,77,80)/t38-,39-,40+,41+,45-,46-,47-,48-,49-,50-,51-,53-,54-,55-,56-,57-/m0/s1. The summed E-state index contributed by atoms with van der Waals surface area (Å²) in [4.78, 5) is 219. The zero-order valence-corrected chi connectivity index (χ0v) is 63.5. The molecule has 604 valence electrons. The molecule has 0 radical (unpaired) electrons. The number of carbonyl (C=O) groups is 14. The molecule has 1 aromatic heterocycles. The van der Waals surface area contributed by atoms with Crippen molar-refractivity contribution in [3.05, 3.63) is 90.0 Å². The van der Waals surface area contributed by atoms with Crippen LogP contribution in [-0.2, 0) is 86.4 Å². The summed E-state index contributed by atoms with van der Waals surface area (Å²) in [5, 5.41) is 53.3. The number of nitrogens with two attached hydrogens (primary N) is 5. The Morgan fingerprint density at radius 1 is 0.482 bits per heavy atom. The van der Waals surface area contributed by atoms with Gasteiger partial charge < -0.3 is 113 Å². The Bertz CT molecular complexity index is 3700. The number of hydrogen-bond acceptors (Lipinski definition) is 19. The maximum Gasteiger partial charge on any atom is 0.248 e. The van der Waals surface area contributed by atoms with Gasteiger partial charge in [0.05, 0.1) is 25.0 Å². The van der Waals surface area contributed by atoms with Gasteiger partial charge in [-0.15, -0.1) is 0 Å². The van der Waals surface area contributed by atoms with E-state index in [1.807, 2.05) is 0 Å². The highest BCUT2D eigenvalue weighted by Gasteiger charge is 2.44. The molecule has 0 saturated carbocycles. The second-order valence-corrected chi connectivity index (χ2v) is 28.3. The molecule has 25 N–H and O–H groups in total. The van der Waals surface area contributed by atoms with Crippen LogP contribution in [0.15, 0.2) is 83.2 Å². The molecule has 2 aromatic carbocycles. The van der Waals surface area contributed by atoms with E-state index in [2.05, 4.69) is 83.8 Å². The number of fused-ring (bicyclic) bond motifs is 1. The smallest absolute Gasteiger partial charge is 0.248 e. The van der Waals surface area contributed by atoms with Gasteiger partial charge in [-0.05, 0) is 88.2 Å². The maximum absolute atomic E-state index is 15.2. The lowest BCUT2D eigenvalue weighted by atomic mass is 9.95. The van der Waals surface area contributed by atoms with Crippen LogP contribution in [0.25, 0.3) is 0 Å². The SMILES string of the molecule is CC[C@H](C)[C@@H]1NC(=O)[C@H](CC(N)=O)NC(=O)[C@H](CCCN=C(N)N)NC(=O)[C@H](Cc2ccccc2)NC(=O)[C@H](Cc2ccccc2)NC(=O)[C@H](Cc2cnc[nH]2)NC(=O)[C@H](C(C)C)NC(=O)[C@@H]2CCCN2C(=O)[C@H]([C@@H](C)O)NC(=O)[C@H](CCCN=C(N)N)NC(=O)[C@H](C)NC(=O)[C@H]([C@@H](C)O)NC(=O)[C@H](C(C)C)NC1=O. The molecule has 2 aliphatic rings. The lowest BCUT2D eigenvalue weighted by molar-refractivity contribution is -0.145. The van der Waals surface area contributed by atoms with Crippen LogP contribution in [0.4, 0.5) is 0 Å². The normalized spacial score (nSPS) is 25.7. The number of rotatable bonds is 22. The first-order valence-electron chi connectivity index (χ1n) is 36.7. The molecule has 14 amide bonds. The second-order valence-electron chi connectivity index (χ2n) is 28.3. The Labute approximate surface area is 637 Å². The number of benzene rings is 2. The third-order valence-electron chi connectivity index (χ3n) is 18.6. The molecule has 110 heavy (non-hydrogen) atoms. The number of hydrogen-bond donors (Lipinski definition) is 20. The first-order chi connectivity index (χ1) is 52.0. The summed E-state index contributed by atoms with van der Waals surface area (Å²) in [6.45, 7) is 12.9. The van der Waals surface area contributed by atoms with Crippen molar-refractivity contribution in [2.45, 2.75) is 224 Å². The summed E-state index contributed by atoms with van der Waals surface area (Å²) in [6.07, 6.45) is -2.11. The highest BCUT2D eigenvalue weighted by molar-refractivity contribution is 6.01. The first-order valence-corrected chi connectivity index (χ1v) is 36.7. The van der Waals surface area contributed by atoms with E-state index in [1.165, 1.54) is 40.2 Å². The zero-order valence-electron chi connectivity index (χ0n) is 63.5. The molecule has 0 bridgehead atoms. The number of aliphatic hydroxyl groups is 2. The number of nitrogens with zero attached hydrogens (tertiary/aromatic N) is 4. The highest BCUT2D eigenvalue weighted by atomic mass is 16.3. The number of H-pyrrole nitrogens is 1. The van der Waals surface area contributed by atoms with E-state index in [0.29, 0.717) is 16.8 Å². The third kappa shape index (κ3) is 28.0. The largest absolute Gasteiger partial charge is 0.391 e. The fourth-order valence-electron chi connectivity index (χ4n) is 12.2. The first kappa shape index (κ1) is 89.3. The van der Waals surface area contributed by atoms with Crippen molar-refractivity contribution in [2.75, 3.05) is 19.6 Å². The number of nitrogens with one attached hydrogen (secondary N) is 13. The number of primary amides is 1. The summed E-state index contributed by atoms with van der Waals surface area (Å²) in [5.74, 6) is -16.7. The summed E-state index contributed by atoms with van der Waals surface area (Å²) in [6, 6.07) is -3.69. The van der Waals surface area contributed by atoms with E-state index in [-0.39, 0.29) is 95.8 Å². The van der Waals surface area contributed by atoms with Crippen LogP contribution >= 0.6 is 0 Å². The van der Waals surface area contributed by atoms with Gasteiger partial charge >= 0.3 is 0 Å².